The lowest BCUT2D eigenvalue weighted by Gasteiger charge is -2.24. The number of hydrogen-bond acceptors (Lipinski definition) is 5. The van der Waals surface area contributed by atoms with Crippen molar-refractivity contribution in [3.05, 3.63) is 90.0 Å². The molecule has 0 saturated carbocycles. The number of phenolic OH excluding ortho intramolecular Hbond substituents is 1. The number of benzene rings is 3. The number of nitrogens with zero attached hydrogens (tertiary/aromatic N) is 2. The third-order valence-electron chi connectivity index (χ3n) is 4.58. The minimum atomic E-state index is -0.313. The highest BCUT2D eigenvalue weighted by atomic mass is 16.6. The lowest BCUT2D eigenvalue weighted by Crippen LogP contribution is -2.33. The number of oxime groups is 1. The van der Waals surface area contributed by atoms with Crippen LogP contribution in [-0.4, -0.2) is 30.4 Å². The standard InChI is InChI=1S/C24H24N2O4/c1-18(19-10-4-3-5-11-19)25-30-17-24(28)26(16-20-12-6-8-14-22(20)27)21-13-7-9-15-23(21)29-2/h3-15,27H,16-17H2,1-2H3. The van der Waals surface area contributed by atoms with Crippen LogP contribution >= 0.6 is 0 Å². The van der Waals surface area contributed by atoms with Crippen molar-refractivity contribution in [2.75, 3.05) is 18.6 Å². The number of ether oxygens (including phenoxy) is 1. The van der Waals surface area contributed by atoms with Crippen LogP contribution in [0.15, 0.2) is 84.0 Å². The van der Waals surface area contributed by atoms with Gasteiger partial charge >= 0.3 is 0 Å². The molecule has 3 rings (SSSR count). The van der Waals surface area contributed by atoms with Crippen molar-refractivity contribution in [2.45, 2.75) is 13.5 Å². The highest BCUT2D eigenvalue weighted by Crippen LogP contribution is 2.30. The van der Waals surface area contributed by atoms with Gasteiger partial charge in [0.2, 0.25) is 0 Å². The van der Waals surface area contributed by atoms with Crippen molar-refractivity contribution >= 4 is 17.3 Å². The molecule has 6 nitrogen and oxygen atoms in total. The molecule has 0 bridgehead atoms. The minimum absolute atomic E-state index is 0.115. The Kier molecular flexibility index (Phi) is 7.05. The number of methoxy groups -OCH3 is 1. The summed E-state index contributed by atoms with van der Waals surface area (Å²) in [7, 11) is 1.55. The average Bonchev–Trinajstić information content (AvgIpc) is 2.79. The minimum Gasteiger partial charge on any atom is -0.508 e. The molecule has 0 spiro atoms. The summed E-state index contributed by atoms with van der Waals surface area (Å²) in [6, 6.07) is 23.7. The van der Waals surface area contributed by atoms with Crippen LogP contribution < -0.4 is 9.64 Å². The number of aromatic hydroxyl groups is 1. The average molecular weight is 404 g/mol. The molecule has 0 aromatic heterocycles. The molecule has 0 radical (unpaired) electrons. The zero-order chi connectivity index (χ0) is 21.3. The second-order valence-corrected chi connectivity index (χ2v) is 6.60. The van der Waals surface area contributed by atoms with Crippen LogP contribution in [0, 0.1) is 0 Å². The van der Waals surface area contributed by atoms with E-state index in [1.54, 1.807) is 37.4 Å². The second-order valence-electron chi connectivity index (χ2n) is 6.60. The number of carbonyl (C=O) groups is 1. The summed E-state index contributed by atoms with van der Waals surface area (Å²) in [6.45, 7) is 1.73. The first-order valence-electron chi connectivity index (χ1n) is 9.52. The van der Waals surface area contributed by atoms with Crippen molar-refractivity contribution in [3.63, 3.8) is 0 Å². The largest absolute Gasteiger partial charge is 0.508 e. The van der Waals surface area contributed by atoms with Gasteiger partial charge in [-0.3, -0.25) is 4.79 Å². The maximum atomic E-state index is 13.0. The molecule has 1 N–H and O–H groups in total. The fourth-order valence-corrected chi connectivity index (χ4v) is 2.97. The van der Waals surface area contributed by atoms with Gasteiger partial charge in [0.25, 0.3) is 5.91 Å². The Bertz CT molecular complexity index is 1020. The molecule has 0 unspecified atom stereocenters. The molecule has 0 heterocycles. The van der Waals surface area contributed by atoms with Crippen LogP contribution in [0.2, 0.25) is 0 Å². The van der Waals surface area contributed by atoms with Crippen molar-refractivity contribution < 1.29 is 19.5 Å². The summed E-state index contributed by atoms with van der Waals surface area (Å²) < 4.78 is 5.42. The third kappa shape index (κ3) is 5.17. The molecule has 6 heteroatoms. The molecule has 154 valence electrons. The maximum absolute atomic E-state index is 13.0. The first-order valence-corrected chi connectivity index (χ1v) is 9.52. The van der Waals surface area contributed by atoms with Gasteiger partial charge < -0.3 is 19.6 Å². The van der Waals surface area contributed by atoms with Gasteiger partial charge in [0.15, 0.2) is 6.61 Å². The van der Waals surface area contributed by atoms with Gasteiger partial charge in [0, 0.05) is 5.56 Å². The molecule has 30 heavy (non-hydrogen) atoms. The summed E-state index contributed by atoms with van der Waals surface area (Å²) in [6.07, 6.45) is 0. The van der Waals surface area contributed by atoms with Crippen LogP contribution in [0.25, 0.3) is 0 Å². The van der Waals surface area contributed by atoms with Crippen LogP contribution in [0.5, 0.6) is 11.5 Å². The lowest BCUT2D eigenvalue weighted by atomic mass is 10.1. The Labute approximate surface area is 176 Å². The van der Waals surface area contributed by atoms with Crippen LogP contribution in [0.1, 0.15) is 18.1 Å². The summed E-state index contributed by atoms with van der Waals surface area (Å²) in [5, 5.41) is 14.2. The van der Waals surface area contributed by atoms with Gasteiger partial charge in [-0.25, -0.2) is 0 Å². The number of phenols is 1. The normalized spacial score (nSPS) is 11.1. The van der Waals surface area contributed by atoms with E-state index in [4.69, 9.17) is 9.57 Å². The molecule has 0 saturated heterocycles. The first kappa shape index (κ1) is 20.9. The smallest absolute Gasteiger partial charge is 0.268 e. The number of para-hydroxylation sites is 3. The Morgan fingerprint density at radius 2 is 1.63 bits per heavy atom. The first-order chi connectivity index (χ1) is 14.6. The molecule has 0 atom stereocenters. The molecule has 3 aromatic carbocycles. The topological polar surface area (TPSA) is 71.4 Å². The lowest BCUT2D eigenvalue weighted by molar-refractivity contribution is -0.123. The van der Waals surface area contributed by atoms with Crippen LogP contribution in [-0.2, 0) is 16.2 Å². The quantitative estimate of drug-likeness (QED) is 0.447. The van der Waals surface area contributed by atoms with Crippen molar-refractivity contribution in [3.8, 4) is 11.5 Å². The molecule has 0 aliphatic rings. The van der Waals surface area contributed by atoms with Gasteiger partial charge in [-0.15, -0.1) is 0 Å². The van der Waals surface area contributed by atoms with E-state index in [9.17, 15) is 9.90 Å². The Hall–Kier alpha value is -3.80. The number of hydrogen-bond donors (Lipinski definition) is 1. The second kappa shape index (κ2) is 10.1. The predicted octanol–water partition coefficient (Wildman–Crippen LogP) is 4.37. The van der Waals surface area contributed by atoms with E-state index < -0.39 is 0 Å². The van der Waals surface area contributed by atoms with Crippen molar-refractivity contribution in [1.29, 1.82) is 0 Å². The third-order valence-corrected chi connectivity index (χ3v) is 4.58. The SMILES string of the molecule is COc1ccccc1N(Cc1ccccc1O)C(=O)CON=C(C)c1ccccc1. The number of anilines is 1. The van der Waals surface area contributed by atoms with Gasteiger partial charge in [0.05, 0.1) is 25.1 Å². The fourth-order valence-electron chi connectivity index (χ4n) is 2.97. The van der Waals surface area contributed by atoms with E-state index in [0.717, 1.165) is 5.56 Å². The summed E-state index contributed by atoms with van der Waals surface area (Å²) in [4.78, 5) is 19.9. The van der Waals surface area contributed by atoms with E-state index in [0.29, 0.717) is 22.7 Å². The van der Waals surface area contributed by atoms with Crippen molar-refractivity contribution in [1.82, 2.24) is 0 Å². The van der Waals surface area contributed by atoms with E-state index in [-0.39, 0.29) is 24.8 Å². The van der Waals surface area contributed by atoms with E-state index in [2.05, 4.69) is 5.16 Å². The molecule has 0 aliphatic heterocycles. The van der Waals surface area contributed by atoms with E-state index in [1.807, 2.05) is 55.5 Å². The van der Waals surface area contributed by atoms with Crippen LogP contribution in [0.4, 0.5) is 5.69 Å². The zero-order valence-electron chi connectivity index (χ0n) is 17.0. The number of carbonyl (C=O) groups excluding carboxylic acids is 1. The molecular formula is C24H24N2O4. The highest BCUT2D eigenvalue weighted by molar-refractivity contribution is 5.98. The molecular weight excluding hydrogens is 380 g/mol. The number of amides is 1. The number of rotatable bonds is 8. The zero-order valence-corrected chi connectivity index (χ0v) is 17.0. The molecule has 0 fully saturated rings. The van der Waals surface area contributed by atoms with Gasteiger partial charge in [-0.05, 0) is 30.7 Å². The highest BCUT2D eigenvalue weighted by Gasteiger charge is 2.21. The van der Waals surface area contributed by atoms with Gasteiger partial charge in [-0.1, -0.05) is 65.8 Å². The monoisotopic (exact) mass is 404 g/mol. The summed E-state index contributed by atoms with van der Waals surface area (Å²) >= 11 is 0. The molecule has 3 aromatic rings. The molecule has 0 aliphatic carbocycles. The molecule has 1 amide bonds. The van der Waals surface area contributed by atoms with Gasteiger partial charge in [-0.2, -0.15) is 0 Å². The van der Waals surface area contributed by atoms with E-state index >= 15 is 0 Å². The Morgan fingerprint density at radius 3 is 2.37 bits per heavy atom. The van der Waals surface area contributed by atoms with Crippen LogP contribution in [0.3, 0.4) is 0 Å². The fraction of sp³-hybridized carbons (Fsp3) is 0.167. The summed E-state index contributed by atoms with van der Waals surface area (Å²) in [5.74, 6) is 0.349. The van der Waals surface area contributed by atoms with Gasteiger partial charge in [0.1, 0.15) is 11.5 Å². The predicted molar refractivity (Wildman–Crippen MR) is 117 cm³/mol. The summed E-state index contributed by atoms with van der Waals surface area (Å²) in [5.41, 5.74) is 2.79. The Balaban J connectivity index is 1.81. The maximum Gasteiger partial charge on any atom is 0.268 e. The van der Waals surface area contributed by atoms with Crippen molar-refractivity contribution in [2.24, 2.45) is 5.16 Å². The van der Waals surface area contributed by atoms with E-state index in [1.165, 1.54) is 4.90 Å². The Morgan fingerprint density at radius 1 is 0.967 bits per heavy atom.